The summed E-state index contributed by atoms with van der Waals surface area (Å²) in [6.45, 7) is 5.58. The van der Waals surface area contributed by atoms with Gasteiger partial charge in [-0.2, -0.15) is 0 Å². The molecule has 9 N–H and O–H groups in total. The zero-order valence-electron chi connectivity index (χ0n) is 26.2. The Hall–Kier alpha value is -1.78. The lowest BCUT2D eigenvalue weighted by Gasteiger charge is -2.71. The topological polar surface area (TPSA) is 182 Å². The molecule has 9 heteroatoms. The van der Waals surface area contributed by atoms with Crippen LogP contribution in [-0.2, 0) is 14.3 Å². The van der Waals surface area contributed by atoms with Crippen molar-refractivity contribution in [3.63, 3.8) is 0 Å². The van der Waals surface area contributed by atoms with Crippen LogP contribution >= 0.6 is 0 Å². The van der Waals surface area contributed by atoms with Crippen molar-refractivity contribution in [2.45, 2.75) is 146 Å². The number of nitrogens with two attached hydrogens (primary N) is 3. The molecule has 6 saturated carbocycles. The van der Waals surface area contributed by atoms with Crippen LogP contribution in [0.1, 0.15) is 111 Å². The number of ether oxygens (including phenoxy) is 1. The summed E-state index contributed by atoms with van der Waals surface area (Å²) in [5, 5.41) is 33.6. The second kappa shape index (κ2) is 10.6. The van der Waals surface area contributed by atoms with Crippen molar-refractivity contribution >= 4 is 11.9 Å². The lowest BCUT2D eigenvalue weighted by molar-refractivity contribution is -0.201. The quantitative estimate of drug-likeness (QED) is 0.161. The third kappa shape index (κ3) is 4.43. The van der Waals surface area contributed by atoms with Crippen molar-refractivity contribution < 1.29 is 29.6 Å². The second-order valence-electron chi connectivity index (χ2n) is 15.6. The summed E-state index contributed by atoms with van der Waals surface area (Å²) in [6, 6.07) is -0.630. The van der Waals surface area contributed by atoms with Gasteiger partial charge in [0, 0.05) is 35.5 Å². The fourth-order valence-electron chi connectivity index (χ4n) is 11.5. The van der Waals surface area contributed by atoms with E-state index in [1.165, 1.54) is 30.9 Å². The molecule has 0 bridgehead atoms. The van der Waals surface area contributed by atoms with Gasteiger partial charge in [0.1, 0.15) is 6.10 Å². The minimum absolute atomic E-state index is 0.160. The molecule has 6 aliphatic rings. The minimum atomic E-state index is -0.953. The molecule has 43 heavy (non-hydrogen) atoms. The van der Waals surface area contributed by atoms with E-state index < -0.39 is 64.1 Å². The highest BCUT2D eigenvalue weighted by Crippen LogP contribution is 2.70. The summed E-state index contributed by atoms with van der Waals surface area (Å²) >= 11 is 0. The van der Waals surface area contributed by atoms with E-state index in [1.54, 1.807) is 0 Å². The summed E-state index contributed by atoms with van der Waals surface area (Å²) in [5.74, 6) is -2.31. The molecule has 6 fully saturated rings. The molecule has 0 spiro atoms. The van der Waals surface area contributed by atoms with Gasteiger partial charge in [-0.1, -0.05) is 25.0 Å². The summed E-state index contributed by atoms with van der Waals surface area (Å²) < 4.78 is 5.99. The Balaban J connectivity index is 1.46. The number of aliphatic hydroxyl groups excluding tert-OH is 2. The molecule has 0 amide bonds. The fourth-order valence-corrected chi connectivity index (χ4v) is 11.5. The van der Waals surface area contributed by atoms with E-state index in [2.05, 4.69) is 13.8 Å². The van der Waals surface area contributed by atoms with Gasteiger partial charge in [0.2, 0.25) is 0 Å². The Morgan fingerprint density at radius 1 is 0.884 bits per heavy atom. The SMILES string of the molecule is CC(=O)O[C@H]1C[C@@]2(C)[C@@H](C[C@@H](O)[C@@H]3[C@]2(N)CC[C@@]2(N)[C@H](N)[C@H](O)CC[C@]32C)/C1=C(/C(=O)O)C1CCCC(=C2CCCC2)C1. The Labute approximate surface area is 255 Å². The van der Waals surface area contributed by atoms with Crippen molar-refractivity contribution in [1.29, 1.82) is 0 Å². The van der Waals surface area contributed by atoms with Crippen LogP contribution < -0.4 is 17.2 Å². The van der Waals surface area contributed by atoms with Crippen molar-refractivity contribution in [1.82, 2.24) is 0 Å². The van der Waals surface area contributed by atoms with Crippen LogP contribution in [0.3, 0.4) is 0 Å². The molecule has 0 aromatic carbocycles. The number of fused-ring (bicyclic) bond motifs is 5. The monoisotopic (exact) mass is 599 g/mol. The molecule has 6 rings (SSSR count). The van der Waals surface area contributed by atoms with Crippen LogP contribution in [0.2, 0.25) is 0 Å². The van der Waals surface area contributed by atoms with Gasteiger partial charge in [-0.05, 0) is 118 Å². The highest BCUT2D eigenvalue weighted by molar-refractivity contribution is 5.89. The summed E-state index contributed by atoms with van der Waals surface area (Å²) in [4.78, 5) is 25.7. The van der Waals surface area contributed by atoms with Crippen molar-refractivity contribution in [3.05, 3.63) is 22.3 Å². The zero-order valence-corrected chi connectivity index (χ0v) is 26.2. The van der Waals surface area contributed by atoms with E-state index in [0.717, 1.165) is 38.5 Å². The van der Waals surface area contributed by atoms with Crippen LogP contribution in [0.25, 0.3) is 0 Å². The Morgan fingerprint density at radius 2 is 1.53 bits per heavy atom. The molecular formula is C34H53N3O6. The van der Waals surface area contributed by atoms with E-state index in [0.29, 0.717) is 49.7 Å². The van der Waals surface area contributed by atoms with Crippen LogP contribution in [0.15, 0.2) is 22.3 Å². The van der Waals surface area contributed by atoms with Gasteiger partial charge < -0.3 is 37.3 Å². The number of esters is 1. The second-order valence-corrected chi connectivity index (χ2v) is 15.6. The maximum absolute atomic E-state index is 13.3. The largest absolute Gasteiger partial charge is 0.478 e. The standard InChI is InChI=1S/C34H53N3O6/c1-18(38)43-25-17-32(3)22(27(25)26(30(41)42)21-10-6-9-20(15-21)19-7-4-5-8-19)16-24(40)28-31(2)12-11-23(39)29(35)34(31,37)14-13-33(28,32)36/h21-25,28-29,39-40H,4-17,35-37H2,1-3H3,(H,41,42)/b27-26-/t21?,22-,23+,24+,25-,28-,29+,31+,32-,33+,34+/m0/s1. The van der Waals surface area contributed by atoms with Gasteiger partial charge in [0.05, 0.1) is 12.2 Å². The van der Waals surface area contributed by atoms with Gasteiger partial charge in [0.25, 0.3) is 0 Å². The molecule has 6 aliphatic carbocycles. The molecule has 0 saturated heterocycles. The van der Waals surface area contributed by atoms with Gasteiger partial charge in [-0.3, -0.25) is 4.79 Å². The zero-order chi connectivity index (χ0) is 31.1. The van der Waals surface area contributed by atoms with E-state index in [1.807, 2.05) is 0 Å². The molecule has 0 aromatic heterocycles. The van der Waals surface area contributed by atoms with Crippen LogP contribution in [0.5, 0.6) is 0 Å². The van der Waals surface area contributed by atoms with Crippen molar-refractivity contribution in [3.8, 4) is 0 Å². The number of aliphatic hydroxyl groups is 2. The van der Waals surface area contributed by atoms with Crippen LogP contribution in [0.4, 0.5) is 0 Å². The minimum Gasteiger partial charge on any atom is -0.478 e. The number of carboxylic acid groups (broad SMARTS) is 1. The normalized spacial score (nSPS) is 49.2. The Morgan fingerprint density at radius 3 is 2.19 bits per heavy atom. The Kier molecular flexibility index (Phi) is 7.73. The molecule has 0 aromatic rings. The molecule has 0 radical (unpaired) electrons. The Bertz CT molecular complexity index is 1240. The van der Waals surface area contributed by atoms with Gasteiger partial charge in [-0.25, -0.2) is 4.79 Å². The number of allylic oxidation sites excluding steroid dienone is 2. The highest BCUT2D eigenvalue weighted by Gasteiger charge is 2.74. The van der Waals surface area contributed by atoms with Crippen molar-refractivity contribution in [2.24, 2.45) is 45.8 Å². The molecule has 0 heterocycles. The van der Waals surface area contributed by atoms with E-state index in [9.17, 15) is 24.9 Å². The van der Waals surface area contributed by atoms with Gasteiger partial charge >= 0.3 is 11.9 Å². The summed E-state index contributed by atoms with van der Waals surface area (Å²) in [6.07, 6.45) is 8.67. The van der Waals surface area contributed by atoms with E-state index >= 15 is 0 Å². The van der Waals surface area contributed by atoms with Crippen LogP contribution in [0, 0.1) is 28.6 Å². The average Bonchev–Trinajstić information content (AvgIpc) is 3.57. The third-order valence-corrected chi connectivity index (χ3v) is 13.7. The maximum Gasteiger partial charge on any atom is 0.331 e. The molecule has 0 aliphatic heterocycles. The number of rotatable bonds is 3. The van der Waals surface area contributed by atoms with Gasteiger partial charge in [-0.15, -0.1) is 0 Å². The smallest absolute Gasteiger partial charge is 0.331 e. The number of hydrogen-bond donors (Lipinski definition) is 6. The van der Waals surface area contributed by atoms with Crippen LogP contribution in [-0.4, -0.2) is 62.7 Å². The first-order chi connectivity index (χ1) is 20.2. The molecule has 11 atom stereocenters. The van der Waals surface area contributed by atoms with E-state index in [-0.39, 0.29) is 11.8 Å². The highest BCUT2D eigenvalue weighted by atomic mass is 16.5. The summed E-state index contributed by atoms with van der Waals surface area (Å²) in [5.41, 5.74) is 22.2. The lowest BCUT2D eigenvalue weighted by atomic mass is 9.37. The predicted octanol–water partition coefficient (Wildman–Crippen LogP) is 3.44. The lowest BCUT2D eigenvalue weighted by Crippen LogP contribution is -2.82. The number of carbonyl (C=O) groups excluding carboxylic acids is 1. The van der Waals surface area contributed by atoms with Gasteiger partial charge in [0.15, 0.2) is 0 Å². The average molecular weight is 600 g/mol. The summed E-state index contributed by atoms with van der Waals surface area (Å²) in [7, 11) is 0. The van der Waals surface area contributed by atoms with E-state index in [4.69, 9.17) is 21.9 Å². The first kappa shape index (κ1) is 31.2. The molecule has 240 valence electrons. The maximum atomic E-state index is 13.3. The molecule has 9 nitrogen and oxygen atoms in total. The first-order valence-electron chi connectivity index (χ1n) is 16.7. The molecule has 1 unspecified atom stereocenters. The molecular weight excluding hydrogens is 546 g/mol. The first-order valence-corrected chi connectivity index (χ1v) is 16.7. The fraction of sp³-hybridized carbons (Fsp3) is 0.824. The predicted molar refractivity (Wildman–Crippen MR) is 162 cm³/mol. The number of hydrogen-bond acceptors (Lipinski definition) is 8. The third-order valence-electron chi connectivity index (χ3n) is 13.7. The van der Waals surface area contributed by atoms with Crippen molar-refractivity contribution in [2.75, 3.05) is 0 Å². The number of aliphatic carboxylic acids is 1. The number of carbonyl (C=O) groups is 2. The number of carboxylic acids is 1.